The highest BCUT2D eigenvalue weighted by molar-refractivity contribution is 6.31. The summed E-state index contributed by atoms with van der Waals surface area (Å²) in [6.45, 7) is 6.40. The first-order chi connectivity index (χ1) is 26.2. The standard InChI is InChI=1S/C39H49NO16/c1-14-32(49-7)39(4,52-10)33(50-8)36(53-14)54-19-13-37(2,48)24(34(47)51-9)15-11-16-21(27(43)20(15)19)28(44)22-18(41)12-17-30(23(22)26(16)42)55-35-29(45)25(40(5)6)31(46)38(17,3)56-35/h11-12,14,19,24-25,29,31-33,35-36,41,43,45-46,48H,13H2,1-10H3/t14-,19+,24+,25-,29-,31-,32-,33+,35-,36+,37+,38-,39-/m1/s1. The molecule has 2 aliphatic carbocycles. The maximum Gasteiger partial charge on any atom is 0.316 e. The first-order valence-electron chi connectivity index (χ1n) is 18.2. The van der Waals surface area contributed by atoms with Crippen molar-refractivity contribution in [1.82, 2.24) is 4.90 Å². The SMILES string of the molecule is COC(=O)[C@@H]1c2cc3c(c(O)c2[C@@H](O[C@@H]2O[C@H](C)[C@@H](OC)[C@@](C)(OC)[C@H]2OC)C[C@]1(C)O)C(=O)c1c(O)cc2c(c1C3=O)O[C@@H]1O[C@@]2(C)[C@H](O)[C@H](N(C)C)[C@H]1O. The lowest BCUT2D eigenvalue weighted by Gasteiger charge is -2.53. The third-order valence-corrected chi connectivity index (χ3v) is 12.5. The number of hydrogen-bond acceptors (Lipinski definition) is 17. The molecular weight excluding hydrogens is 738 g/mol. The highest BCUT2D eigenvalue weighted by Gasteiger charge is 2.60. The monoisotopic (exact) mass is 787 g/mol. The molecule has 0 radical (unpaired) electrons. The fraction of sp³-hybridized carbons (Fsp3) is 0.615. The quantitative estimate of drug-likeness (QED) is 0.212. The summed E-state index contributed by atoms with van der Waals surface area (Å²) in [7, 11) is 8.84. The summed E-state index contributed by atoms with van der Waals surface area (Å²) < 4.78 is 47.4. The van der Waals surface area contributed by atoms with Crippen LogP contribution in [-0.2, 0) is 43.6 Å². The number of ether oxygens (including phenoxy) is 8. The van der Waals surface area contributed by atoms with Crippen LogP contribution in [0.25, 0.3) is 0 Å². The normalized spacial score (nSPS) is 38.6. The Labute approximate surface area is 322 Å². The molecule has 306 valence electrons. The van der Waals surface area contributed by atoms with Crippen LogP contribution < -0.4 is 4.74 Å². The summed E-state index contributed by atoms with van der Waals surface area (Å²) in [5, 5.41) is 58.3. The lowest BCUT2D eigenvalue weighted by Crippen LogP contribution is -2.68. The molecule has 3 heterocycles. The lowest BCUT2D eigenvalue weighted by atomic mass is 9.68. The maximum absolute atomic E-state index is 14.8. The van der Waals surface area contributed by atoms with E-state index in [4.69, 9.17) is 37.9 Å². The van der Waals surface area contributed by atoms with E-state index >= 15 is 0 Å². The van der Waals surface area contributed by atoms with Gasteiger partial charge in [0, 0.05) is 44.4 Å². The topological polar surface area (TPSA) is 229 Å². The van der Waals surface area contributed by atoms with Crippen molar-refractivity contribution in [2.45, 2.75) is 112 Å². The molecule has 0 amide bonds. The minimum absolute atomic E-state index is 0.0417. The van der Waals surface area contributed by atoms with Gasteiger partial charge in [0.2, 0.25) is 12.1 Å². The highest BCUT2D eigenvalue weighted by Crippen LogP contribution is 2.56. The molecule has 0 unspecified atom stereocenters. The molecule has 0 spiro atoms. The number of hydrogen-bond donors (Lipinski definition) is 5. The predicted molar refractivity (Wildman–Crippen MR) is 191 cm³/mol. The van der Waals surface area contributed by atoms with Crippen LogP contribution in [0.15, 0.2) is 12.1 Å². The summed E-state index contributed by atoms with van der Waals surface area (Å²) >= 11 is 0. The number of ketones is 2. The van der Waals surface area contributed by atoms with Gasteiger partial charge in [-0.15, -0.1) is 0 Å². The summed E-state index contributed by atoms with van der Waals surface area (Å²) in [5.74, 6) is -5.85. The third kappa shape index (κ3) is 5.47. The number of methoxy groups -OCH3 is 4. The molecule has 2 aromatic carbocycles. The van der Waals surface area contributed by atoms with E-state index in [0.29, 0.717) is 0 Å². The Hall–Kier alpha value is -3.75. The van der Waals surface area contributed by atoms with Crippen molar-refractivity contribution in [2.24, 2.45) is 0 Å². The molecule has 5 N–H and O–H groups in total. The van der Waals surface area contributed by atoms with Gasteiger partial charge in [0.15, 0.2) is 12.1 Å². The number of carbonyl (C=O) groups is 3. The highest BCUT2D eigenvalue weighted by atomic mass is 16.7. The Kier molecular flexibility index (Phi) is 9.88. The minimum Gasteiger partial charge on any atom is -0.507 e. The van der Waals surface area contributed by atoms with Gasteiger partial charge < -0.3 is 68.3 Å². The fourth-order valence-electron chi connectivity index (χ4n) is 9.68. The molecule has 5 aliphatic rings. The average molecular weight is 788 g/mol. The molecular formula is C39H49NO16. The van der Waals surface area contributed by atoms with Crippen molar-refractivity contribution in [3.05, 3.63) is 51.1 Å². The number of phenolic OH excluding ortho intramolecular Hbond substituents is 2. The summed E-state index contributed by atoms with van der Waals surface area (Å²) in [5.41, 5.74) is -6.55. The van der Waals surface area contributed by atoms with Crippen LogP contribution in [0.1, 0.15) is 94.7 Å². The van der Waals surface area contributed by atoms with E-state index in [-0.39, 0.29) is 34.4 Å². The van der Waals surface area contributed by atoms with Gasteiger partial charge in [-0.3, -0.25) is 14.4 Å². The molecule has 13 atom stereocenters. The number of aromatic hydroxyl groups is 2. The number of likely N-dealkylation sites (N-methyl/N-ethyl adjacent to an activating group) is 1. The number of fused-ring (bicyclic) bond motifs is 8. The van der Waals surface area contributed by atoms with E-state index in [0.717, 1.165) is 13.2 Å². The van der Waals surface area contributed by atoms with Gasteiger partial charge in [0.25, 0.3) is 0 Å². The molecule has 2 bridgehead atoms. The predicted octanol–water partition coefficient (Wildman–Crippen LogP) is 1.14. The Morgan fingerprint density at radius 1 is 0.946 bits per heavy atom. The maximum atomic E-state index is 14.8. The first-order valence-corrected chi connectivity index (χ1v) is 18.2. The van der Waals surface area contributed by atoms with Gasteiger partial charge >= 0.3 is 5.97 Å². The number of aliphatic hydroxyl groups is 3. The van der Waals surface area contributed by atoms with Crippen LogP contribution in [0.3, 0.4) is 0 Å². The molecule has 2 saturated heterocycles. The lowest BCUT2D eigenvalue weighted by molar-refractivity contribution is -0.345. The Balaban J connectivity index is 1.40. The summed E-state index contributed by atoms with van der Waals surface area (Å²) in [6.07, 6.45) is -9.16. The van der Waals surface area contributed by atoms with Gasteiger partial charge in [0.05, 0.1) is 47.7 Å². The Bertz CT molecular complexity index is 1980. The van der Waals surface area contributed by atoms with Crippen LogP contribution in [0.4, 0.5) is 0 Å². The van der Waals surface area contributed by atoms with E-state index in [2.05, 4.69) is 0 Å². The molecule has 0 aromatic heterocycles. The molecule has 56 heavy (non-hydrogen) atoms. The molecule has 2 fully saturated rings. The van der Waals surface area contributed by atoms with Gasteiger partial charge in [-0.05, 0) is 59.5 Å². The van der Waals surface area contributed by atoms with E-state index in [1.807, 2.05) is 0 Å². The molecule has 0 saturated carbocycles. The number of rotatable bonds is 7. The summed E-state index contributed by atoms with van der Waals surface area (Å²) in [6, 6.07) is 1.50. The number of nitrogens with zero attached hydrogens (tertiary/aromatic N) is 1. The van der Waals surface area contributed by atoms with Gasteiger partial charge in [-0.25, -0.2) is 0 Å². The van der Waals surface area contributed by atoms with Crippen molar-refractivity contribution >= 4 is 17.5 Å². The molecule has 17 nitrogen and oxygen atoms in total. The van der Waals surface area contributed by atoms with Crippen molar-refractivity contribution in [3.63, 3.8) is 0 Å². The smallest absolute Gasteiger partial charge is 0.316 e. The van der Waals surface area contributed by atoms with Crippen molar-refractivity contribution < 1.29 is 77.8 Å². The number of esters is 1. The largest absolute Gasteiger partial charge is 0.507 e. The average Bonchev–Trinajstić information content (AvgIpc) is 3.12. The second-order valence-electron chi connectivity index (χ2n) is 16.0. The van der Waals surface area contributed by atoms with Crippen LogP contribution in [0.2, 0.25) is 0 Å². The van der Waals surface area contributed by atoms with Crippen molar-refractivity contribution in [1.29, 1.82) is 0 Å². The second kappa shape index (κ2) is 13.7. The number of benzene rings is 2. The van der Waals surface area contributed by atoms with E-state index in [9.17, 15) is 39.9 Å². The summed E-state index contributed by atoms with van der Waals surface area (Å²) in [4.78, 5) is 44.4. The van der Waals surface area contributed by atoms with Gasteiger partial charge in [-0.1, -0.05) is 0 Å². The zero-order valence-corrected chi connectivity index (χ0v) is 32.8. The number of phenols is 2. The molecule has 7 rings (SSSR count). The first kappa shape index (κ1) is 40.4. The second-order valence-corrected chi connectivity index (χ2v) is 16.0. The molecule has 3 aliphatic heterocycles. The van der Waals surface area contributed by atoms with Crippen LogP contribution in [0, 0.1) is 0 Å². The molecule has 2 aromatic rings. The fourth-order valence-corrected chi connectivity index (χ4v) is 9.68. The van der Waals surface area contributed by atoms with E-state index in [1.165, 1.54) is 41.2 Å². The zero-order chi connectivity index (χ0) is 41.1. The van der Waals surface area contributed by atoms with Crippen molar-refractivity contribution in [3.8, 4) is 17.2 Å². The van der Waals surface area contributed by atoms with Crippen LogP contribution >= 0.6 is 0 Å². The Morgan fingerprint density at radius 3 is 2.20 bits per heavy atom. The van der Waals surface area contributed by atoms with Gasteiger partial charge in [-0.2, -0.15) is 0 Å². The third-order valence-electron chi connectivity index (χ3n) is 12.5. The van der Waals surface area contributed by atoms with Crippen LogP contribution in [0.5, 0.6) is 17.2 Å². The van der Waals surface area contributed by atoms with E-state index < -0.39 is 124 Å². The number of aliphatic hydroxyl groups excluding tert-OH is 2. The molecule has 17 heteroatoms. The number of carbonyl (C=O) groups excluding carboxylic acids is 3. The zero-order valence-electron chi connectivity index (χ0n) is 32.8. The van der Waals surface area contributed by atoms with Crippen LogP contribution in [-0.4, -0.2) is 151 Å². The van der Waals surface area contributed by atoms with Gasteiger partial charge in [0.1, 0.15) is 58.8 Å². The van der Waals surface area contributed by atoms with E-state index in [1.54, 1.807) is 32.8 Å². The Morgan fingerprint density at radius 2 is 1.61 bits per heavy atom. The minimum atomic E-state index is -1.91. The van der Waals surface area contributed by atoms with Crippen molar-refractivity contribution in [2.75, 3.05) is 42.5 Å².